The first-order valence-corrected chi connectivity index (χ1v) is 8.27. The number of thioether (sulfide) groups is 1. The van der Waals surface area contributed by atoms with E-state index in [1.807, 2.05) is 48.5 Å². The lowest BCUT2D eigenvalue weighted by Gasteiger charge is -2.15. The number of aryl methyl sites for hydroxylation is 1. The fraction of sp³-hybridized carbons (Fsp3) is 0.111. The summed E-state index contributed by atoms with van der Waals surface area (Å²) in [4.78, 5) is 27.3. The van der Waals surface area contributed by atoms with Gasteiger partial charge in [-0.3, -0.25) is 14.6 Å². The maximum Gasteiger partial charge on any atom is 0.273 e. The highest BCUT2D eigenvalue weighted by Crippen LogP contribution is 2.35. The van der Waals surface area contributed by atoms with Crippen LogP contribution in [0.4, 0.5) is 0 Å². The Labute approximate surface area is 143 Å². The summed E-state index contributed by atoms with van der Waals surface area (Å²) >= 11 is 1.19. The highest BCUT2D eigenvalue weighted by molar-refractivity contribution is 8.00. The smallest absolute Gasteiger partial charge is 0.273 e. The van der Waals surface area contributed by atoms with E-state index in [4.69, 9.17) is 0 Å². The fourth-order valence-corrected chi connectivity index (χ4v) is 3.20. The third kappa shape index (κ3) is 3.60. The zero-order valence-electron chi connectivity index (χ0n) is 13.0. The third-order valence-electron chi connectivity index (χ3n) is 3.47. The molecule has 0 aliphatic rings. The molecule has 0 aliphatic heterocycles. The van der Waals surface area contributed by atoms with Gasteiger partial charge in [0.05, 0.1) is 0 Å². The molecule has 0 radical (unpaired) electrons. The van der Waals surface area contributed by atoms with Crippen molar-refractivity contribution >= 4 is 17.5 Å². The lowest BCUT2D eigenvalue weighted by molar-refractivity contribution is 0.0989. The average molecular weight is 337 g/mol. The Kier molecular flexibility index (Phi) is 4.86. The summed E-state index contributed by atoms with van der Waals surface area (Å²) in [6.45, 7) is 1.59. The quantitative estimate of drug-likeness (QED) is 0.571. The number of carbonyl (C=O) groups excluding carboxylic acids is 1. The predicted molar refractivity (Wildman–Crippen MR) is 93.2 cm³/mol. The Hall–Kier alpha value is -2.73. The van der Waals surface area contributed by atoms with Crippen LogP contribution in [-0.4, -0.2) is 21.0 Å². The van der Waals surface area contributed by atoms with Gasteiger partial charge in [0.15, 0.2) is 10.9 Å². The number of aromatic amines is 1. The molecule has 0 saturated carbocycles. The van der Waals surface area contributed by atoms with E-state index >= 15 is 0 Å². The summed E-state index contributed by atoms with van der Waals surface area (Å²) in [5.74, 6) is -0.0463. The van der Waals surface area contributed by atoms with Crippen LogP contribution in [0, 0.1) is 6.92 Å². The highest BCUT2D eigenvalue weighted by atomic mass is 32.2. The van der Waals surface area contributed by atoms with Gasteiger partial charge in [-0.2, -0.15) is 0 Å². The maximum atomic E-state index is 12.9. The van der Waals surface area contributed by atoms with E-state index in [0.717, 1.165) is 5.56 Å². The molecule has 2 aromatic carbocycles. The van der Waals surface area contributed by atoms with Gasteiger partial charge in [-0.15, -0.1) is 10.2 Å². The lowest BCUT2D eigenvalue weighted by Crippen LogP contribution is -2.16. The molecule has 1 N–H and O–H groups in total. The minimum absolute atomic E-state index is 0.0463. The van der Waals surface area contributed by atoms with Crippen LogP contribution in [0.15, 0.2) is 70.6 Å². The van der Waals surface area contributed by atoms with Crippen molar-refractivity contribution < 1.29 is 4.79 Å². The second-order valence-corrected chi connectivity index (χ2v) is 6.28. The molecule has 1 atom stereocenters. The number of nitrogens with one attached hydrogen (secondary N) is 1. The van der Waals surface area contributed by atoms with E-state index < -0.39 is 5.25 Å². The van der Waals surface area contributed by atoms with Crippen LogP contribution in [0.25, 0.3) is 0 Å². The van der Waals surface area contributed by atoms with Gasteiger partial charge >= 0.3 is 0 Å². The molecular formula is C18H15N3O2S. The van der Waals surface area contributed by atoms with Crippen molar-refractivity contribution in [2.75, 3.05) is 0 Å². The Balaban J connectivity index is 1.98. The van der Waals surface area contributed by atoms with E-state index in [0.29, 0.717) is 16.4 Å². The first-order valence-electron chi connectivity index (χ1n) is 7.39. The number of benzene rings is 2. The molecule has 0 fully saturated rings. The second kappa shape index (κ2) is 7.23. The van der Waals surface area contributed by atoms with Crippen LogP contribution < -0.4 is 5.56 Å². The zero-order chi connectivity index (χ0) is 16.9. The van der Waals surface area contributed by atoms with Gasteiger partial charge in [-0.25, -0.2) is 0 Å². The third-order valence-corrected chi connectivity index (χ3v) is 4.60. The number of ketones is 1. The van der Waals surface area contributed by atoms with E-state index in [1.54, 1.807) is 19.1 Å². The van der Waals surface area contributed by atoms with Crippen LogP contribution in [-0.2, 0) is 0 Å². The van der Waals surface area contributed by atoms with E-state index in [9.17, 15) is 9.59 Å². The van der Waals surface area contributed by atoms with Gasteiger partial charge in [-0.05, 0) is 12.5 Å². The van der Waals surface area contributed by atoms with Gasteiger partial charge in [0, 0.05) is 5.56 Å². The fourth-order valence-electron chi connectivity index (χ4n) is 2.20. The molecule has 5 nitrogen and oxygen atoms in total. The highest BCUT2D eigenvalue weighted by Gasteiger charge is 2.24. The van der Waals surface area contributed by atoms with Gasteiger partial charge in [0.1, 0.15) is 10.9 Å². The average Bonchev–Trinajstić information content (AvgIpc) is 2.63. The minimum Gasteiger partial charge on any atom is -0.298 e. The van der Waals surface area contributed by atoms with E-state index in [2.05, 4.69) is 15.2 Å². The van der Waals surface area contributed by atoms with Crippen LogP contribution in [0.2, 0.25) is 0 Å². The predicted octanol–water partition coefficient (Wildman–Crippen LogP) is 3.19. The Morgan fingerprint density at radius 2 is 1.62 bits per heavy atom. The molecule has 3 aromatic rings. The molecule has 0 saturated heterocycles. The van der Waals surface area contributed by atoms with Crippen LogP contribution >= 0.6 is 11.8 Å². The van der Waals surface area contributed by atoms with Crippen LogP contribution in [0.5, 0.6) is 0 Å². The van der Waals surface area contributed by atoms with Crippen molar-refractivity contribution in [3.05, 3.63) is 87.8 Å². The van der Waals surface area contributed by atoms with Crippen LogP contribution in [0.1, 0.15) is 26.9 Å². The molecular weight excluding hydrogens is 322 g/mol. The summed E-state index contributed by atoms with van der Waals surface area (Å²) in [5, 5.41) is 7.63. The topological polar surface area (TPSA) is 75.7 Å². The van der Waals surface area contributed by atoms with Crippen molar-refractivity contribution in [2.24, 2.45) is 0 Å². The largest absolute Gasteiger partial charge is 0.298 e. The molecule has 0 amide bonds. The monoisotopic (exact) mass is 337 g/mol. The number of carbonyl (C=O) groups is 1. The van der Waals surface area contributed by atoms with Gasteiger partial charge in [-0.1, -0.05) is 72.4 Å². The van der Waals surface area contributed by atoms with Crippen molar-refractivity contribution in [3.63, 3.8) is 0 Å². The Morgan fingerprint density at radius 3 is 2.25 bits per heavy atom. The van der Waals surface area contributed by atoms with E-state index in [-0.39, 0.29) is 11.3 Å². The van der Waals surface area contributed by atoms with Crippen molar-refractivity contribution in [1.82, 2.24) is 15.2 Å². The Bertz CT molecular complexity index is 895. The molecule has 0 bridgehead atoms. The molecule has 6 heteroatoms. The standard InChI is InChI=1S/C18H15N3O2S/c1-12-17(23)19-18(21-20-12)24-16(14-10-6-3-7-11-14)15(22)13-8-4-2-5-9-13/h2-11,16H,1H3,(H,19,21,23)/t16-/m1/s1. The van der Waals surface area contributed by atoms with Crippen LogP contribution in [0.3, 0.4) is 0 Å². The first-order chi connectivity index (χ1) is 11.6. The number of hydrogen-bond acceptors (Lipinski definition) is 5. The number of Topliss-reactive ketones (excluding diaryl/α,β-unsaturated/α-hetero) is 1. The SMILES string of the molecule is Cc1nnc(S[C@@H](C(=O)c2ccccc2)c2ccccc2)[nH]c1=O. The molecule has 0 aliphatic carbocycles. The zero-order valence-corrected chi connectivity index (χ0v) is 13.8. The maximum absolute atomic E-state index is 12.9. The molecule has 0 unspecified atom stereocenters. The number of rotatable bonds is 5. The second-order valence-electron chi connectivity index (χ2n) is 5.18. The van der Waals surface area contributed by atoms with Crippen molar-refractivity contribution in [2.45, 2.75) is 17.3 Å². The summed E-state index contributed by atoms with van der Waals surface area (Å²) in [7, 11) is 0. The number of hydrogen-bond donors (Lipinski definition) is 1. The first kappa shape index (κ1) is 16.1. The number of aromatic nitrogens is 3. The normalized spacial score (nSPS) is 11.9. The molecule has 120 valence electrons. The molecule has 1 aromatic heterocycles. The number of nitrogens with zero attached hydrogens (tertiary/aromatic N) is 2. The minimum atomic E-state index is -0.513. The number of H-pyrrole nitrogens is 1. The van der Waals surface area contributed by atoms with Crippen molar-refractivity contribution in [1.29, 1.82) is 0 Å². The summed E-state index contributed by atoms with van der Waals surface area (Å²) in [5.41, 5.74) is 1.46. The summed E-state index contributed by atoms with van der Waals surface area (Å²) in [6.07, 6.45) is 0. The van der Waals surface area contributed by atoms with E-state index in [1.165, 1.54) is 11.8 Å². The van der Waals surface area contributed by atoms with Gasteiger partial charge in [0.25, 0.3) is 5.56 Å². The Morgan fingerprint density at radius 1 is 1.00 bits per heavy atom. The van der Waals surface area contributed by atoms with Gasteiger partial charge < -0.3 is 0 Å². The van der Waals surface area contributed by atoms with Gasteiger partial charge in [0.2, 0.25) is 0 Å². The molecule has 0 spiro atoms. The summed E-state index contributed by atoms with van der Waals surface area (Å²) < 4.78 is 0. The molecule has 1 heterocycles. The lowest BCUT2D eigenvalue weighted by atomic mass is 10.0. The molecule has 24 heavy (non-hydrogen) atoms. The molecule has 3 rings (SSSR count). The van der Waals surface area contributed by atoms with Crippen molar-refractivity contribution in [3.8, 4) is 0 Å². The summed E-state index contributed by atoms with van der Waals surface area (Å²) in [6, 6.07) is 18.5.